The summed E-state index contributed by atoms with van der Waals surface area (Å²) >= 11 is 0. The minimum atomic E-state index is -4.61. The molecule has 2 aromatic rings. The standard InChI is InChI=1S/C14H10F3NO/c15-14(16,17)13(18)9-5-1-3-7-11(9)19-12-8-4-2-6-10(12)13/h1-8H,18H2. The van der Waals surface area contributed by atoms with Gasteiger partial charge in [0.1, 0.15) is 11.5 Å². The van der Waals surface area contributed by atoms with Crippen LogP contribution in [0.5, 0.6) is 11.5 Å². The van der Waals surface area contributed by atoms with Crippen LogP contribution in [0.15, 0.2) is 48.5 Å². The van der Waals surface area contributed by atoms with Gasteiger partial charge in [-0.25, -0.2) is 0 Å². The molecule has 1 heterocycles. The number of fused-ring (bicyclic) bond motifs is 2. The fourth-order valence-electron chi connectivity index (χ4n) is 2.33. The van der Waals surface area contributed by atoms with Crippen LogP contribution in [0.2, 0.25) is 0 Å². The van der Waals surface area contributed by atoms with Gasteiger partial charge < -0.3 is 10.5 Å². The summed E-state index contributed by atoms with van der Waals surface area (Å²) in [6.45, 7) is 0. The van der Waals surface area contributed by atoms with Crippen molar-refractivity contribution in [3.8, 4) is 11.5 Å². The zero-order chi connectivity index (χ0) is 13.7. The lowest BCUT2D eigenvalue weighted by molar-refractivity contribution is -0.178. The predicted molar refractivity (Wildman–Crippen MR) is 64.0 cm³/mol. The molecule has 1 aliphatic rings. The Morgan fingerprint density at radius 3 is 1.68 bits per heavy atom. The average molecular weight is 265 g/mol. The number of halogens is 3. The van der Waals surface area contributed by atoms with Crippen molar-refractivity contribution < 1.29 is 17.9 Å². The van der Waals surface area contributed by atoms with E-state index < -0.39 is 11.7 Å². The summed E-state index contributed by atoms with van der Waals surface area (Å²) in [6.07, 6.45) is -4.61. The summed E-state index contributed by atoms with van der Waals surface area (Å²) in [6, 6.07) is 11.9. The Hall–Kier alpha value is -2.01. The van der Waals surface area contributed by atoms with Crippen LogP contribution < -0.4 is 10.5 Å². The van der Waals surface area contributed by atoms with E-state index in [1.165, 1.54) is 36.4 Å². The van der Waals surface area contributed by atoms with Crippen molar-refractivity contribution in [3.05, 3.63) is 59.7 Å². The molecule has 98 valence electrons. The first-order chi connectivity index (χ1) is 8.94. The fraction of sp³-hybridized carbons (Fsp3) is 0.143. The second-order valence-corrected chi connectivity index (χ2v) is 4.40. The van der Waals surface area contributed by atoms with Crippen molar-refractivity contribution in [2.75, 3.05) is 0 Å². The number of rotatable bonds is 0. The molecule has 0 fully saturated rings. The van der Waals surface area contributed by atoms with Crippen molar-refractivity contribution in [3.63, 3.8) is 0 Å². The van der Waals surface area contributed by atoms with Crippen LogP contribution in [0.4, 0.5) is 13.2 Å². The van der Waals surface area contributed by atoms with E-state index in [-0.39, 0.29) is 22.6 Å². The summed E-state index contributed by atoms with van der Waals surface area (Å²) in [7, 11) is 0. The molecule has 0 saturated carbocycles. The van der Waals surface area contributed by atoms with Gasteiger partial charge in [0, 0.05) is 11.1 Å². The van der Waals surface area contributed by atoms with Crippen LogP contribution in [-0.4, -0.2) is 6.18 Å². The van der Waals surface area contributed by atoms with Crippen LogP contribution in [0, 0.1) is 0 Å². The molecular weight excluding hydrogens is 255 g/mol. The molecule has 0 aromatic heterocycles. The molecule has 19 heavy (non-hydrogen) atoms. The van der Waals surface area contributed by atoms with Gasteiger partial charge in [-0.15, -0.1) is 0 Å². The molecule has 0 amide bonds. The van der Waals surface area contributed by atoms with Crippen molar-refractivity contribution in [2.45, 2.75) is 11.7 Å². The first-order valence-corrected chi connectivity index (χ1v) is 5.67. The van der Waals surface area contributed by atoms with E-state index in [0.29, 0.717) is 0 Å². The van der Waals surface area contributed by atoms with Gasteiger partial charge in [-0.3, -0.25) is 0 Å². The molecule has 0 radical (unpaired) electrons. The number of ether oxygens (including phenoxy) is 1. The molecular formula is C14H10F3NO. The topological polar surface area (TPSA) is 35.2 Å². The Morgan fingerprint density at radius 1 is 0.842 bits per heavy atom. The van der Waals surface area contributed by atoms with E-state index in [1.807, 2.05) is 0 Å². The van der Waals surface area contributed by atoms with Gasteiger partial charge >= 0.3 is 6.18 Å². The van der Waals surface area contributed by atoms with Crippen LogP contribution in [-0.2, 0) is 5.54 Å². The highest BCUT2D eigenvalue weighted by atomic mass is 19.4. The lowest BCUT2D eigenvalue weighted by atomic mass is 9.80. The number of alkyl halides is 3. The second-order valence-electron chi connectivity index (χ2n) is 4.40. The van der Waals surface area contributed by atoms with Gasteiger partial charge in [-0.2, -0.15) is 13.2 Å². The Morgan fingerprint density at radius 2 is 1.26 bits per heavy atom. The highest BCUT2D eigenvalue weighted by Crippen LogP contribution is 2.52. The third-order valence-corrected chi connectivity index (χ3v) is 3.29. The summed E-state index contributed by atoms with van der Waals surface area (Å²) in [5, 5.41) is 0. The molecule has 0 saturated heterocycles. The highest BCUT2D eigenvalue weighted by Gasteiger charge is 2.58. The smallest absolute Gasteiger partial charge is 0.415 e. The number of hydrogen-bond donors (Lipinski definition) is 1. The zero-order valence-corrected chi connectivity index (χ0v) is 9.74. The van der Waals surface area contributed by atoms with Gasteiger partial charge in [0.15, 0.2) is 5.54 Å². The molecule has 2 aromatic carbocycles. The molecule has 0 unspecified atom stereocenters. The van der Waals surface area contributed by atoms with Gasteiger partial charge in [0.2, 0.25) is 0 Å². The maximum atomic E-state index is 13.5. The molecule has 0 atom stereocenters. The first kappa shape index (κ1) is 12.0. The molecule has 2 nitrogen and oxygen atoms in total. The van der Waals surface area contributed by atoms with Crippen molar-refractivity contribution in [1.29, 1.82) is 0 Å². The Balaban J connectivity index is 2.35. The van der Waals surface area contributed by atoms with Crippen molar-refractivity contribution >= 4 is 0 Å². The van der Waals surface area contributed by atoms with Gasteiger partial charge in [-0.05, 0) is 12.1 Å². The van der Waals surface area contributed by atoms with E-state index in [4.69, 9.17) is 10.5 Å². The highest BCUT2D eigenvalue weighted by molar-refractivity contribution is 5.57. The average Bonchev–Trinajstić information content (AvgIpc) is 2.38. The van der Waals surface area contributed by atoms with Crippen LogP contribution in [0.1, 0.15) is 11.1 Å². The molecule has 3 rings (SSSR count). The van der Waals surface area contributed by atoms with Crippen molar-refractivity contribution in [1.82, 2.24) is 0 Å². The summed E-state index contributed by atoms with van der Waals surface area (Å²) in [4.78, 5) is 0. The fourth-order valence-corrected chi connectivity index (χ4v) is 2.33. The van der Waals surface area contributed by atoms with Gasteiger partial charge in [-0.1, -0.05) is 36.4 Å². The van der Waals surface area contributed by atoms with Crippen LogP contribution in [0.25, 0.3) is 0 Å². The van der Waals surface area contributed by atoms with E-state index in [0.717, 1.165) is 0 Å². The van der Waals surface area contributed by atoms with E-state index in [1.54, 1.807) is 12.1 Å². The van der Waals surface area contributed by atoms with Crippen molar-refractivity contribution in [2.24, 2.45) is 5.73 Å². The zero-order valence-electron chi connectivity index (χ0n) is 9.74. The molecule has 2 N–H and O–H groups in total. The van der Waals surface area contributed by atoms with E-state index in [9.17, 15) is 13.2 Å². The number of hydrogen-bond acceptors (Lipinski definition) is 2. The Kier molecular flexibility index (Phi) is 2.37. The van der Waals surface area contributed by atoms with Gasteiger partial charge in [0.25, 0.3) is 0 Å². The quantitative estimate of drug-likeness (QED) is 0.790. The lowest BCUT2D eigenvalue weighted by Crippen LogP contribution is -2.52. The van der Waals surface area contributed by atoms with Crippen LogP contribution in [0.3, 0.4) is 0 Å². The molecule has 0 bridgehead atoms. The van der Waals surface area contributed by atoms with Crippen LogP contribution >= 0.6 is 0 Å². The Labute approximate surface area is 107 Å². The third kappa shape index (κ3) is 1.55. The molecule has 1 aliphatic heterocycles. The first-order valence-electron chi connectivity index (χ1n) is 5.67. The largest absolute Gasteiger partial charge is 0.457 e. The molecule has 0 aliphatic carbocycles. The SMILES string of the molecule is NC1(C(F)(F)F)c2ccccc2Oc2ccccc21. The maximum Gasteiger partial charge on any atom is 0.415 e. The third-order valence-electron chi connectivity index (χ3n) is 3.29. The van der Waals surface area contributed by atoms with E-state index >= 15 is 0 Å². The number of nitrogens with two attached hydrogens (primary N) is 1. The minimum absolute atomic E-state index is 0.0683. The molecule has 0 spiro atoms. The summed E-state index contributed by atoms with van der Waals surface area (Å²) in [5.41, 5.74) is 3.07. The normalized spacial score (nSPS) is 16.2. The van der Waals surface area contributed by atoms with Gasteiger partial charge in [0.05, 0.1) is 0 Å². The van der Waals surface area contributed by atoms with E-state index in [2.05, 4.69) is 0 Å². The number of para-hydroxylation sites is 2. The molecule has 5 heteroatoms. The Bertz CT molecular complexity index is 591. The lowest BCUT2D eigenvalue weighted by Gasteiger charge is -2.38. The second kappa shape index (κ2) is 3.74. The minimum Gasteiger partial charge on any atom is -0.457 e. The predicted octanol–water partition coefficient (Wildman–Crippen LogP) is 3.56. The maximum absolute atomic E-state index is 13.5. The number of benzene rings is 2. The summed E-state index contributed by atoms with van der Waals surface area (Å²) < 4.78 is 46.0. The monoisotopic (exact) mass is 265 g/mol. The summed E-state index contributed by atoms with van der Waals surface area (Å²) in [5.74, 6) is 0.280.